The molecule has 0 aliphatic carbocycles. The molecule has 2 rings (SSSR count). The Bertz CT molecular complexity index is 397. The largest absolute Gasteiger partial charge is 0.410 e. The van der Waals surface area contributed by atoms with Gasteiger partial charge in [0.1, 0.15) is 5.17 Å². The third-order valence-corrected chi connectivity index (χ3v) is 3.47. The molecule has 0 aromatic heterocycles. The summed E-state index contributed by atoms with van der Waals surface area (Å²) in [6.07, 6.45) is 5.46. The van der Waals surface area contributed by atoms with E-state index in [1.54, 1.807) is 0 Å². The highest BCUT2D eigenvalue weighted by Crippen LogP contribution is 2.18. The van der Waals surface area contributed by atoms with Crippen molar-refractivity contribution in [3.8, 4) is 0 Å². The molecule has 1 aromatic carbocycles. The van der Waals surface area contributed by atoms with Gasteiger partial charge >= 0.3 is 0 Å². The van der Waals surface area contributed by atoms with Gasteiger partial charge in [0.25, 0.3) is 0 Å². The van der Waals surface area contributed by atoms with Crippen LogP contribution in [-0.4, -0.2) is 23.1 Å². The number of rotatable bonds is 5. The quantitative estimate of drug-likeness (QED) is 0.505. The van der Waals surface area contributed by atoms with Crippen LogP contribution in [0, 0.1) is 0 Å². The summed E-state index contributed by atoms with van der Waals surface area (Å²) >= 11 is 5.67. The average Bonchev–Trinajstić information content (AvgIpc) is 2.91. The number of nitrogens with zero attached hydrogens (tertiary/aromatic N) is 1. The van der Waals surface area contributed by atoms with Crippen LogP contribution < -0.4 is 0 Å². The van der Waals surface area contributed by atoms with E-state index in [2.05, 4.69) is 17.3 Å². The van der Waals surface area contributed by atoms with Gasteiger partial charge in [-0.05, 0) is 36.8 Å². The number of oxime groups is 1. The second kappa shape index (κ2) is 6.76. The Morgan fingerprint density at radius 3 is 2.67 bits per heavy atom. The maximum absolute atomic E-state index is 8.50. The third-order valence-electron chi connectivity index (χ3n) is 3.26. The smallest absolute Gasteiger partial charge is 0.149 e. The van der Waals surface area contributed by atoms with Gasteiger partial charge in [0.15, 0.2) is 0 Å². The molecule has 1 unspecified atom stereocenters. The van der Waals surface area contributed by atoms with Crippen LogP contribution >= 0.6 is 11.6 Å². The molecular weight excluding hydrogens is 250 g/mol. The second-order valence-electron chi connectivity index (χ2n) is 4.64. The molecule has 0 amide bonds. The van der Waals surface area contributed by atoms with Gasteiger partial charge in [0, 0.05) is 13.0 Å². The van der Waals surface area contributed by atoms with Crippen molar-refractivity contribution in [1.82, 2.24) is 0 Å². The Hall–Kier alpha value is -1.06. The molecule has 4 heteroatoms. The normalized spacial score (nSPS) is 20.3. The summed E-state index contributed by atoms with van der Waals surface area (Å²) in [5, 5.41) is 11.7. The summed E-state index contributed by atoms with van der Waals surface area (Å²) in [7, 11) is 0. The highest BCUT2D eigenvalue weighted by atomic mass is 35.5. The van der Waals surface area contributed by atoms with Crippen LogP contribution in [0.5, 0.6) is 0 Å². The van der Waals surface area contributed by atoms with Crippen LogP contribution in [0.25, 0.3) is 0 Å². The highest BCUT2D eigenvalue weighted by Gasteiger charge is 2.14. The van der Waals surface area contributed by atoms with Crippen molar-refractivity contribution in [1.29, 1.82) is 0 Å². The van der Waals surface area contributed by atoms with Gasteiger partial charge in [-0.15, -0.1) is 0 Å². The molecular formula is C14H18ClNO2. The number of hydrogen-bond donors (Lipinski definition) is 1. The lowest BCUT2D eigenvalue weighted by molar-refractivity contribution is 0.104. The van der Waals surface area contributed by atoms with Gasteiger partial charge in [0.05, 0.1) is 6.10 Å². The molecule has 0 radical (unpaired) electrons. The van der Waals surface area contributed by atoms with E-state index in [-0.39, 0.29) is 5.17 Å². The van der Waals surface area contributed by atoms with E-state index in [9.17, 15) is 0 Å². The van der Waals surface area contributed by atoms with E-state index in [0.29, 0.717) is 12.5 Å². The van der Waals surface area contributed by atoms with Crippen molar-refractivity contribution in [2.24, 2.45) is 5.16 Å². The molecule has 0 saturated carbocycles. The van der Waals surface area contributed by atoms with Gasteiger partial charge in [0.2, 0.25) is 0 Å². The van der Waals surface area contributed by atoms with Crippen molar-refractivity contribution in [2.75, 3.05) is 6.61 Å². The Balaban J connectivity index is 1.83. The van der Waals surface area contributed by atoms with Gasteiger partial charge in [-0.25, -0.2) is 0 Å². The zero-order valence-corrected chi connectivity index (χ0v) is 11.1. The average molecular weight is 268 g/mol. The van der Waals surface area contributed by atoms with Crippen molar-refractivity contribution in [3.05, 3.63) is 35.4 Å². The first kappa shape index (κ1) is 13.4. The summed E-state index contributed by atoms with van der Waals surface area (Å²) in [4.78, 5) is 0. The van der Waals surface area contributed by atoms with E-state index in [1.807, 2.05) is 12.1 Å². The van der Waals surface area contributed by atoms with Crippen LogP contribution in [0.2, 0.25) is 0 Å². The van der Waals surface area contributed by atoms with Crippen LogP contribution in [0.3, 0.4) is 0 Å². The minimum absolute atomic E-state index is 0.210. The van der Waals surface area contributed by atoms with E-state index >= 15 is 0 Å². The predicted octanol–water partition coefficient (Wildman–Crippen LogP) is 3.37. The highest BCUT2D eigenvalue weighted by molar-refractivity contribution is 6.65. The predicted molar refractivity (Wildman–Crippen MR) is 72.5 cm³/mol. The van der Waals surface area contributed by atoms with E-state index in [1.165, 1.54) is 18.4 Å². The van der Waals surface area contributed by atoms with E-state index in [4.69, 9.17) is 21.5 Å². The van der Waals surface area contributed by atoms with Crippen molar-refractivity contribution < 1.29 is 9.94 Å². The summed E-state index contributed by atoms with van der Waals surface area (Å²) in [5.74, 6) is 0. The molecule has 0 spiro atoms. The standard InChI is InChI=1S/C14H18ClNO2/c15-14(16-17)10-12-5-3-11(4-6-12)7-8-13-2-1-9-18-13/h3-6,13,17H,1-2,7-10H2. The SMILES string of the molecule is ON=C(Cl)Cc1ccc(CCC2CCCO2)cc1. The lowest BCUT2D eigenvalue weighted by Crippen LogP contribution is -2.06. The molecule has 1 aliphatic rings. The monoisotopic (exact) mass is 267 g/mol. The van der Waals surface area contributed by atoms with Gasteiger partial charge < -0.3 is 9.94 Å². The number of halogens is 1. The topological polar surface area (TPSA) is 41.8 Å². The fourth-order valence-electron chi connectivity index (χ4n) is 2.23. The van der Waals surface area contributed by atoms with Crippen LogP contribution in [0.15, 0.2) is 29.4 Å². The molecule has 1 atom stereocenters. The number of benzene rings is 1. The molecule has 1 aromatic rings. The summed E-state index contributed by atoms with van der Waals surface area (Å²) in [5.41, 5.74) is 2.37. The van der Waals surface area contributed by atoms with Crippen molar-refractivity contribution in [3.63, 3.8) is 0 Å². The van der Waals surface area contributed by atoms with E-state index in [0.717, 1.165) is 25.0 Å². The minimum atomic E-state index is 0.210. The molecule has 98 valence electrons. The van der Waals surface area contributed by atoms with Crippen molar-refractivity contribution in [2.45, 2.75) is 38.2 Å². The lowest BCUT2D eigenvalue weighted by atomic mass is 10.0. The Labute approximate surface area is 112 Å². The molecule has 1 aliphatic heterocycles. The van der Waals surface area contributed by atoms with Gasteiger partial charge in [-0.2, -0.15) is 0 Å². The summed E-state index contributed by atoms with van der Waals surface area (Å²) in [6, 6.07) is 8.26. The van der Waals surface area contributed by atoms with Crippen LogP contribution in [0.4, 0.5) is 0 Å². The summed E-state index contributed by atoms with van der Waals surface area (Å²) in [6.45, 7) is 0.919. The maximum atomic E-state index is 8.50. The second-order valence-corrected chi connectivity index (χ2v) is 5.08. The zero-order valence-electron chi connectivity index (χ0n) is 10.3. The Kier molecular flexibility index (Phi) is 5.02. The first-order valence-electron chi connectivity index (χ1n) is 6.34. The van der Waals surface area contributed by atoms with Gasteiger partial charge in [-0.3, -0.25) is 0 Å². The molecule has 1 N–H and O–H groups in total. The maximum Gasteiger partial charge on any atom is 0.149 e. The summed E-state index contributed by atoms with van der Waals surface area (Å²) < 4.78 is 5.60. The molecule has 1 fully saturated rings. The first-order valence-corrected chi connectivity index (χ1v) is 6.71. The van der Waals surface area contributed by atoms with Crippen LogP contribution in [0.1, 0.15) is 30.4 Å². The van der Waals surface area contributed by atoms with Crippen LogP contribution in [-0.2, 0) is 17.6 Å². The molecule has 0 bridgehead atoms. The zero-order chi connectivity index (χ0) is 12.8. The number of aryl methyl sites for hydroxylation is 1. The number of hydrogen-bond acceptors (Lipinski definition) is 3. The third kappa shape index (κ3) is 4.00. The molecule has 18 heavy (non-hydrogen) atoms. The fraction of sp³-hybridized carbons (Fsp3) is 0.500. The first-order chi connectivity index (χ1) is 8.78. The number of ether oxygens (including phenoxy) is 1. The fourth-order valence-corrected chi connectivity index (χ4v) is 2.38. The molecule has 3 nitrogen and oxygen atoms in total. The molecule has 1 saturated heterocycles. The van der Waals surface area contributed by atoms with E-state index < -0.39 is 0 Å². The lowest BCUT2D eigenvalue weighted by Gasteiger charge is -2.09. The molecule has 1 heterocycles. The minimum Gasteiger partial charge on any atom is -0.410 e. The Morgan fingerprint density at radius 1 is 1.33 bits per heavy atom. The van der Waals surface area contributed by atoms with Crippen molar-refractivity contribution >= 4 is 16.8 Å². The Morgan fingerprint density at radius 2 is 2.06 bits per heavy atom. The van der Waals surface area contributed by atoms with Gasteiger partial charge in [-0.1, -0.05) is 41.0 Å².